The van der Waals surface area contributed by atoms with Crippen molar-refractivity contribution in [1.82, 2.24) is 19.9 Å². The second kappa shape index (κ2) is 8.59. The highest BCUT2D eigenvalue weighted by molar-refractivity contribution is 5.94. The van der Waals surface area contributed by atoms with E-state index in [0.717, 1.165) is 19.4 Å². The molecule has 0 saturated carbocycles. The molecule has 0 atom stereocenters. The number of anilines is 1. The average molecular weight is 370 g/mol. The number of unbranched alkanes of at least 4 members (excludes halogenated alkanes) is 1. The Kier molecular flexibility index (Phi) is 5.97. The summed E-state index contributed by atoms with van der Waals surface area (Å²) in [5, 5.41) is 10.4. The summed E-state index contributed by atoms with van der Waals surface area (Å²) < 4.78 is 16.3. The fourth-order valence-corrected chi connectivity index (χ4v) is 2.70. The summed E-state index contributed by atoms with van der Waals surface area (Å²) in [6.07, 6.45) is 3.70. The van der Waals surface area contributed by atoms with E-state index in [2.05, 4.69) is 27.6 Å². The number of fused-ring (bicyclic) bond motifs is 1. The van der Waals surface area contributed by atoms with Crippen molar-refractivity contribution in [2.45, 2.75) is 19.8 Å². The number of halogens is 1. The maximum Gasteiger partial charge on any atom is 0.251 e. The highest BCUT2D eigenvalue weighted by Crippen LogP contribution is 2.24. The van der Waals surface area contributed by atoms with Gasteiger partial charge in [-0.25, -0.2) is 13.9 Å². The molecule has 142 valence electrons. The molecule has 0 aliphatic heterocycles. The first kappa shape index (κ1) is 18.8. The smallest absolute Gasteiger partial charge is 0.251 e. The third-order valence-electron chi connectivity index (χ3n) is 4.14. The van der Waals surface area contributed by atoms with Crippen molar-refractivity contribution < 1.29 is 9.18 Å². The van der Waals surface area contributed by atoms with Crippen LogP contribution in [-0.2, 0) is 0 Å². The van der Waals surface area contributed by atoms with Gasteiger partial charge >= 0.3 is 0 Å². The maximum absolute atomic E-state index is 14.7. The van der Waals surface area contributed by atoms with E-state index < -0.39 is 5.82 Å². The Morgan fingerprint density at radius 1 is 1.26 bits per heavy atom. The monoisotopic (exact) mass is 370 g/mol. The van der Waals surface area contributed by atoms with Gasteiger partial charge in [0.05, 0.1) is 11.9 Å². The van der Waals surface area contributed by atoms with E-state index in [4.69, 9.17) is 5.73 Å². The topological polar surface area (TPSA) is 97.3 Å². The van der Waals surface area contributed by atoms with E-state index in [-0.39, 0.29) is 11.5 Å². The first-order valence-corrected chi connectivity index (χ1v) is 9.01. The Morgan fingerprint density at radius 2 is 2.11 bits per heavy atom. The molecule has 4 N–H and O–H groups in total. The van der Waals surface area contributed by atoms with Crippen LogP contribution in [0.5, 0.6) is 0 Å². The van der Waals surface area contributed by atoms with Crippen molar-refractivity contribution >= 4 is 17.4 Å². The number of aromatic nitrogens is 3. The average Bonchev–Trinajstić information content (AvgIpc) is 3.09. The molecule has 7 nitrogen and oxygen atoms in total. The first-order valence-electron chi connectivity index (χ1n) is 9.01. The Balaban J connectivity index is 1.90. The summed E-state index contributed by atoms with van der Waals surface area (Å²) in [5.74, 6) is -0.165. The third kappa shape index (κ3) is 4.22. The fourth-order valence-electron chi connectivity index (χ4n) is 2.70. The molecule has 0 saturated heterocycles. The second-order valence-corrected chi connectivity index (χ2v) is 6.15. The Morgan fingerprint density at radius 3 is 2.85 bits per heavy atom. The van der Waals surface area contributed by atoms with Crippen LogP contribution in [0.25, 0.3) is 16.9 Å². The predicted molar refractivity (Wildman–Crippen MR) is 103 cm³/mol. The van der Waals surface area contributed by atoms with Gasteiger partial charge in [-0.2, -0.15) is 0 Å². The Labute approximate surface area is 156 Å². The summed E-state index contributed by atoms with van der Waals surface area (Å²) in [4.78, 5) is 16.2. The molecule has 3 aromatic rings. The number of imidazole rings is 1. The third-order valence-corrected chi connectivity index (χ3v) is 4.14. The molecule has 0 unspecified atom stereocenters. The number of nitrogens with one attached hydrogen (secondary N) is 2. The van der Waals surface area contributed by atoms with Gasteiger partial charge in [-0.3, -0.25) is 4.79 Å². The normalized spacial score (nSPS) is 10.9. The van der Waals surface area contributed by atoms with E-state index in [1.54, 1.807) is 22.8 Å². The maximum atomic E-state index is 14.7. The van der Waals surface area contributed by atoms with E-state index in [9.17, 15) is 9.18 Å². The van der Waals surface area contributed by atoms with E-state index in [1.807, 2.05) is 12.1 Å². The fraction of sp³-hybridized carbons (Fsp3) is 0.316. The molecule has 2 heterocycles. The molecule has 0 bridgehead atoms. The van der Waals surface area contributed by atoms with Crippen molar-refractivity contribution in [2.75, 3.05) is 25.0 Å². The number of amides is 1. The molecule has 8 heteroatoms. The number of carbonyl (C=O) groups excluding carboxylic acids is 1. The summed E-state index contributed by atoms with van der Waals surface area (Å²) in [5.41, 5.74) is 7.08. The molecule has 0 aliphatic rings. The number of rotatable bonds is 8. The first-order chi connectivity index (χ1) is 13.1. The van der Waals surface area contributed by atoms with Gasteiger partial charge in [0.1, 0.15) is 11.6 Å². The summed E-state index contributed by atoms with van der Waals surface area (Å²) in [6.45, 7) is 3.61. The van der Waals surface area contributed by atoms with Gasteiger partial charge in [0.15, 0.2) is 5.65 Å². The minimum absolute atomic E-state index is 0.244. The van der Waals surface area contributed by atoms with Gasteiger partial charge in [-0.15, -0.1) is 5.10 Å². The van der Waals surface area contributed by atoms with Crippen molar-refractivity contribution in [3.63, 3.8) is 0 Å². The lowest BCUT2D eigenvalue weighted by Crippen LogP contribution is -2.29. The zero-order valence-electron chi connectivity index (χ0n) is 15.2. The van der Waals surface area contributed by atoms with Gasteiger partial charge in [0.25, 0.3) is 5.91 Å². The van der Waals surface area contributed by atoms with Crippen LogP contribution in [0.2, 0.25) is 0 Å². The summed E-state index contributed by atoms with van der Waals surface area (Å²) in [6, 6.07) is 8.03. The number of carbonyl (C=O) groups is 1. The quantitative estimate of drug-likeness (QED) is 0.529. The van der Waals surface area contributed by atoms with Gasteiger partial charge in [0.2, 0.25) is 0 Å². The number of hydrogen-bond acceptors (Lipinski definition) is 5. The zero-order valence-corrected chi connectivity index (χ0v) is 15.2. The molecular formula is C19H23FN6O. The van der Waals surface area contributed by atoms with Crippen LogP contribution >= 0.6 is 0 Å². The molecule has 0 radical (unpaired) electrons. The lowest BCUT2D eigenvalue weighted by molar-refractivity contribution is 0.0954. The largest absolute Gasteiger partial charge is 0.369 e. The minimum atomic E-state index is -0.511. The summed E-state index contributed by atoms with van der Waals surface area (Å²) >= 11 is 0. The van der Waals surface area contributed by atoms with Gasteiger partial charge in [-0.05, 0) is 36.8 Å². The SMILES string of the molecule is CCCCNc1ccc2ncc(-c3ccc(C(=O)NCCN)cc3F)n2n1. The minimum Gasteiger partial charge on any atom is -0.369 e. The van der Waals surface area contributed by atoms with Crippen molar-refractivity contribution in [1.29, 1.82) is 0 Å². The number of nitrogens with two attached hydrogens (primary N) is 1. The van der Waals surface area contributed by atoms with Gasteiger partial charge in [-0.1, -0.05) is 13.3 Å². The van der Waals surface area contributed by atoms with Crippen LogP contribution < -0.4 is 16.4 Å². The van der Waals surface area contributed by atoms with E-state index in [0.29, 0.717) is 35.8 Å². The molecule has 1 aromatic carbocycles. The highest BCUT2D eigenvalue weighted by Gasteiger charge is 2.15. The van der Waals surface area contributed by atoms with E-state index >= 15 is 0 Å². The van der Waals surface area contributed by atoms with Gasteiger partial charge < -0.3 is 16.4 Å². The predicted octanol–water partition coefficient (Wildman–Crippen LogP) is 2.44. The lowest BCUT2D eigenvalue weighted by Gasteiger charge is -2.08. The number of nitrogens with zero attached hydrogens (tertiary/aromatic N) is 3. The number of benzene rings is 1. The van der Waals surface area contributed by atoms with Crippen LogP contribution in [0, 0.1) is 5.82 Å². The van der Waals surface area contributed by atoms with Crippen LogP contribution in [-0.4, -0.2) is 40.1 Å². The molecule has 0 aliphatic carbocycles. The molecule has 1 amide bonds. The van der Waals surface area contributed by atoms with Crippen LogP contribution in [0.4, 0.5) is 10.2 Å². The lowest BCUT2D eigenvalue weighted by atomic mass is 10.1. The van der Waals surface area contributed by atoms with Crippen LogP contribution in [0.3, 0.4) is 0 Å². The summed E-state index contributed by atoms with van der Waals surface area (Å²) in [7, 11) is 0. The van der Waals surface area contributed by atoms with Crippen LogP contribution in [0.15, 0.2) is 36.5 Å². The second-order valence-electron chi connectivity index (χ2n) is 6.15. The Hall–Kier alpha value is -3.00. The zero-order chi connectivity index (χ0) is 19.2. The van der Waals surface area contributed by atoms with Crippen LogP contribution in [0.1, 0.15) is 30.1 Å². The molecular weight excluding hydrogens is 347 g/mol. The van der Waals surface area contributed by atoms with Crippen molar-refractivity contribution in [3.8, 4) is 11.3 Å². The van der Waals surface area contributed by atoms with Crippen molar-refractivity contribution in [3.05, 3.63) is 47.9 Å². The molecule has 0 spiro atoms. The molecule has 3 rings (SSSR count). The number of hydrogen-bond donors (Lipinski definition) is 3. The molecule has 2 aromatic heterocycles. The Bertz CT molecular complexity index is 939. The molecule has 0 fully saturated rings. The standard InChI is InChI=1S/C19H23FN6O/c1-2-3-9-22-17-6-7-18-24-12-16(26(18)25-17)14-5-4-13(11-15(14)20)19(27)23-10-8-21/h4-7,11-12H,2-3,8-10,21H2,1H3,(H,22,25)(H,23,27). The molecule has 27 heavy (non-hydrogen) atoms. The highest BCUT2D eigenvalue weighted by atomic mass is 19.1. The van der Waals surface area contributed by atoms with Gasteiger partial charge in [0, 0.05) is 30.8 Å². The van der Waals surface area contributed by atoms with Crippen molar-refractivity contribution in [2.24, 2.45) is 5.73 Å². The van der Waals surface area contributed by atoms with E-state index in [1.165, 1.54) is 6.07 Å².